The van der Waals surface area contributed by atoms with E-state index >= 15 is 0 Å². The Labute approximate surface area is 354 Å². The summed E-state index contributed by atoms with van der Waals surface area (Å²) in [6, 6.07) is 69.7. The Morgan fingerprint density at radius 3 is 1.85 bits per heavy atom. The van der Waals surface area contributed by atoms with Crippen molar-refractivity contribution in [3.63, 3.8) is 0 Å². The number of hydrogen-bond donors (Lipinski definition) is 0. The maximum Gasteiger partial charge on any atom is 0.138 e. The van der Waals surface area contributed by atoms with Gasteiger partial charge in [0.25, 0.3) is 0 Å². The molecule has 60 heavy (non-hydrogen) atoms. The molecule has 2 heterocycles. The zero-order valence-corrected chi connectivity index (χ0v) is 34.4. The minimum Gasteiger partial charge on any atom is -0.456 e. The Kier molecular flexibility index (Phi) is 7.98. The Hall–Kier alpha value is -6.81. The normalized spacial score (nSPS) is 13.8. The van der Waals surface area contributed by atoms with Gasteiger partial charge in [-0.1, -0.05) is 165 Å². The highest BCUT2D eigenvalue weighted by atomic mass is 32.2. The Morgan fingerprint density at radius 1 is 0.450 bits per heavy atom. The molecule has 0 fully saturated rings. The molecule has 0 bridgehead atoms. The van der Waals surface area contributed by atoms with Crippen LogP contribution in [0, 0.1) is 0 Å². The van der Waals surface area contributed by atoms with Gasteiger partial charge in [-0.3, -0.25) is 0 Å². The molecule has 0 saturated heterocycles. The summed E-state index contributed by atoms with van der Waals surface area (Å²) in [5.74, 6) is 0. The molecule has 0 unspecified atom stereocenters. The van der Waals surface area contributed by atoms with Gasteiger partial charge in [0, 0.05) is 37.4 Å². The van der Waals surface area contributed by atoms with Gasteiger partial charge < -0.3 is 9.32 Å². The molecule has 3 heteroatoms. The minimum absolute atomic E-state index is 0.0964. The maximum absolute atomic E-state index is 6.70. The van der Waals surface area contributed by atoms with Crippen molar-refractivity contribution in [3.05, 3.63) is 221 Å². The van der Waals surface area contributed by atoms with Gasteiger partial charge in [-0.15, -0.1) is 0 Å². The van der Waals surface area contributed by atoms with Crippen LogP contribution in [-0.4, -0.2) is 0 Å². The third-order valence-electron chi connectivity index (χ3n) is 13.0. The molecule has 286 valence electrons. The van der Waals surface area contributed by atoms with Crippen LogP contribution in [-0.2, 0) is 18.3 Å². The van der Waals surface area contributed by atoms with E-state index in [2.05, 4.69) is 207 Å². The fraction of sp³-hybridized carbons (Fsp3) is 0.0877. The lowest BCUT2D eigenvalue weighted by atomic mass is 9.82. The van der Waals surface area contributed by atoms with Crippen LogP contribution in [0.15, 0.2) is 202 Å². The number of benzene rings is 9. The lowest BCUT2D eigenvalue weighted by molar-refractivity contribution is 0.660. The van der Waals surface area contributed by atoms with E-state index in [1.165, 1.54) is 70.8 Å². The fourth-order valence-corrected chi connectivity index (χ4v) is 11.2. The maximum atomic E-state index is 6.70. The zero-order valence-electron chi connectivity index (χ0n) is 33.6. The number of para-hydroxylation sites is 1. The number of fused-ring (bicyclic) bond motifs is 12. The molecule has 10 aromatic rings. The van der Waals surface area contributed by atoms with Crippen LogP contribution in [0.2, 0.25) is 0 Å². The van der Waals surface area contributed by atoms with Gasteiger partial charge in [-0.05, 0) is 122 Å². The quantitative estimate of drug-likeness (QED) is 0.177. The van der Waals surface area contributed by atoms with Crippen LogP contribution in [0.4, 0.5) is 17.1 Å². The van der Waals surface area contributed by atoms with Gasteiger partial charge in [-0.2, -0.15) is 0 Å². The Bertz CT molecular complexity index is 3350. The SMILES string of the molecule is CC1(C)c2ccccc2-c2cc(N(c3ccc4c(c3)Cc3ccccc3-c3ccccc3Cc3ccccc3S4)c3c4ccccc4cc4oc5ccccc5c34)ccc21. The average molecular weight is 788 g/mol. The lowest BCUT2D eigenvalue weighted by Crippen LogP contribution is -2.15. The number of rotatable bonds is 3. The highest BCUT2D eigenvalue weighted by molar-refractivity contribution is 7.99. The summed E-state index contributed by atoms with van der Waals surface area (Å²) >= 11 is 1.89. The average Bonchev–Trinajstić information content (AvgIpc) is 3.75. The van der Waals surface area contributed by atoms with E-state index in [1.807, 2.05) is 11.8 Å². The first-order valence-corrected chi connectivity index (χ1v) is 21.7. The summed E-state index contributed by atoms with van der Waals surface area (Å²) in [7, 11) is 0. The summed E-state index contributed by atoms with van der Waals surface area (Å²) in [6.07, 6.45) is 1.67. The summed E-state index contributed by atoms with van der Waals surface area (Å²) in [6.45, 7) is 4.71. The van der Waals surface area contributed by atoms with Gasteiger partial charge in [0.2, 0.25) is 0 Å². The topological polar surface area (TPSA) is 16.4 Å². The number of nitrogens with zero attached hydrogens (tertiary/aromatic N) is 1. The largest absolute Gasteiger partial charge is 0.456 e. The van der Waals surface area contributed by atoms with E-state index in [-0.39, 0.29) is 5.41 Å². The van der Waals surface area contributed by atoms with E-state index in [9.17, 15) is 0 Å². The molecule has 2 nitrogen and oxygen atoms in total. The van der Waals surface area contributed by atoms with Gasteiger partial charge in [-0.25, -0.2) is 0 Å². The molecule has 0 amide bonds. The third kappa shape index (κ3) is 5.49. The molecule has 0 N–H and O–H groups in total. The Morgan fingerprint density at radius 2 is 1.03 bits per heavy atom. The highest BCUT2D eigenvalue weighted by Crippen LogP contribution is 2.53. The monoisotopic (exact) mass is 787 g/mol. The molecule has 1 aromatic heterocycles. The van der Waals surface area contributed by atoms with Crippen LogP contribution in [0.25, 0.3) is 55.0 Å². The molecular weight excluding hydrogens is 747 g/mol. The Balaban J connectivity index is 1.15. The van der Waals surface area contributed by atoms with Crippen molar-refractivity contribution < 1.29 is 4.42 Å². The summed E-state index contributed by atoms with van der Waals surface area (Å²) in [5.41, 5.74) is 18.3. The van der Waals surface area contributed by atoms with Crippen molar-refractivity contribution in [3.8, 4) is 22.3 Å². The van der Waals surface area contributed by atoms with Crippen LogP contribution in [0.3, 0.4) is 0 Å². The van der Waals surface area contributed by atoms with Gasteiger partial charge in [0.15, 0.2) is 0 Å². The molecule has 1 aliphatic carbocycles. The van der Waals surface area contributed by atoms with Gasteiger partial charge in [0.05, 0.1) is 11.1 Å². The summed E-state index contributed by atoms with van der Waals surface area (Å²) < 4.78 is 6.70. The third-order valence-corrected chi connectivity index (χ3v) is 14.2. The second-order valence-electron chi connectivity index (χ2n) is 16.8. The second kappa shape index (κ2) is 13.6. The first-order chi connectivity index (χ1) is 29.5. The molecular formula is C57H41NOS. The first kappa shape index (κ1) is 35.2. The zero-order chi connectivity index (χ0) is 40.0. The predicted molar refractivity (Wildman–Crippen MR) is 252 cm³/mol. The van der Waals surface area contributed by atoms with Crippen LogP contribution in [0.5, 0.6) is 0 Å². The molecule has 2 aliphatic rings. The molecule has 12 rings (SSSR count). The fourth-order valence-electron chi connectivity index (χ4n) is 10.1. The highest BCUT2D eigenvalue weighted by Gasteiger charge is 2.36. The van der Waals surface area contributed by atoms with Crippen LogP contribution < -0.4 is 4.90 Å². The van der Waals surface area contributed by atoms with E-state index in [1.54, 1.807) is 0 Å². The van der Waals surface area contributed by atoms with Crippen LogP contribution >= 0.6 is 11.8 Å². The van der Waals surface area contributed by atoms with Gasteiger partial charge >= 0.3 is 0 Å². The second-order valence-corrected chi connectivity index (χ2v) is 17.9. The molecule has 1 aliphatic heterocycles. The molecule has 0 saturated carbocycles. The van der Waals surface area contributed by atoms with E-state index < -0.39 is 0 Å². The van der Waals surface area contributed by atoms with Crippen molar-refractivity contribution in [1.82, 2.24) is 0 Å². The predicted octanol–water partition coefficient (Wildman–Crippen LogP) is 15.8. The smallest absolute Gasteiger partial charge is 0.138 e. The van der Waals surface area contributed by atoms with Crippen molar-refractivity contribution in [1.29, 1.82) is 0 Å². The lowest BCUT2D eigenvalue weighted by Gasteiger charge is -2.30. The number of furan rings is 1. The van der Waals surface area contributed by atoms with Crippen molar-refractivity contribution in [2.45, 2.75) is 41.9 Å². The van der Waals surface area contributed by atoms with Crippen molar-refractivity contribution in [2.24, 2.45) is 0 Å². The first-order valence-electron chi connectivity index (χ1n) is 20.9. The summed E-state index contributed by atoms with van der Waals surface area (Å²) in [5, 5.41) is 4.56. The minimum atomic E-state index is -0.0964. The van der Waals surface area contributed by atoms with E-state index in [4.69, 9.17) is 4.42 Å². The van der Waals surface area contributed by atoms with Gasteiger partial charge in [0.1, 0.15) is 11.2 Å². The molecule has 0 radical (unpaired) electrons. The number of anilines is 3. The molecule has 9 aromatic carbocycles. The number of hydrogen-bond acceptors (Lipinski definition) is 3. The standard InChI is InChI=1S/C57H41NOS/c1-57(2)49-24-12-10-22-46(49)48-35-42(27-29-50(48)57)58(56-45-21-9-5-17-38(45)34-52-55(56)47-23-11-13-25-51(47)59-52)41-28-30-54-40(33-41)32-37-16-4-8-20-44(37)43-19-7-3-15-36(43)31-39-18-6-14-26-53(39)60-54/h3-30,33-35H,31-32H2,1-2H3. The van der Waals surface area contributed by atoms with E-state index in [0.717, 1.165) is 57.2 Å². The van der Waals surface area contributed by atoms with Crippen molar-refractivity contribution >= 4 is 61.5 Å². The molecule has 0 atom stereocenters. The van der Waals surface area contributed by atoms with E-state index in [0.29, 0.717) is 0 Å². The summed E-state index contributed by atoms with van der Waals surface area (Å²) in [4.78, 5) is 5.09. The van der Waals surface area contributed by atoms with Crippen molar-refractivity contribution in [2.75, 3.05) is 4.90 Å². The van der Waals surface area contributed by atoms with Crippen LogP contribution in [0.1, 0.15) is 47.2 Å². The molecule has 0 spiro atoms.